The van der Waals surface area contributed by atoms with Crippen molar-refractivity contribution in [1.29, 1.82) is 0 Å². The number of carbonyl (C=O) groups excluding carboxylic acids is 1. The first-order valence-corrected chi connectivity index (χ1v) is 13.8. The van der Waals surface area contributed by atoms with Gasteiger partial charge in [-0.15, -0.1) is 10.2 Å². The minimum absolute atomic E-state index is 0.0563. The zero-order chi connectivity index (χ0) is 28.2. The van der Waals surface area contributed by atoms with Crippen molar-refractivity contribution in [2.24, 2.45) is 5.92 Å². The van der Waals surface area contributed by atoms with E-state index in [-0.39, 0.29) is 5.91 Å². The van der Waals surface area contributed by atoms with Gasteiger partial charge in [0.15, 0.2) is 5.82 Å². The molecule has 1 N–H and O–H groups in total. The number of rotatable bonds is 9. The molecule has 1 aliphatic rings. The maximum absolute atomic E-state index is 12.9. The normalized spacial score (nSPS) is 12.3. The summed E-state index contributed by atoms with van der Waals surface area (Å²) in [4.78, 5) is 26.1. The molecular weight excluding hydrogens is 510 g/mol. The number of nitrogens with zero attached hydrogens (tertiary/aromatic N) is 6. The van der Waals surface area contributed by atoms with Crippen molar-refractivity contribution < 1.29 is 4.79 Å². The first-order chi connectivity index (χ1) is 20.0. The molecule has 5 aromatic rings. The molecular formula is C33H31N7O. The van der Waals surface area contributed by atoms with Crippen LogP contribution in [0.25, 0.3) is 39.7 Å². The average Bonchev–Trinajstić information content (AvgIpc) is 3.65. The molecule has 1 amide bonds. The van der Waals surface area contributed by atoms with Crippen LogP contribution in [0, 0.1) is 5.92 Å². The van der Waals surface area contributed by atoms with Crippen molar-refractivity contribution in [2.75, 3.05) is 6.54 Å². The Balaban J connectivity index is 1.20. The monoisotopic (exact) mass is 541 g/mol. The Bertz CT molecular complexity index is 1710. The molecule has 0 atom stereocenters. The number of carbonyl (C=O) groups is 1. The van der Waals surface area contributed by atoms with Crippen molar-refractivity contribution >= 4 is 12.0 Å². The average molecular weight is 542 g/mol. The number of aromatic nitrogens is 6. The molecule has 8 heteroatoms. The molecule has 41 heavy (non-hydrogen) atoms. The van der Waals surface area contributed by atoms with Crippen LogP contribution in [0.5, 0.6) is 0 Å². The summed E-state index contributed by atoms with van der Waals surface area (Å²) >= 11 is 0. The van der Waals surface area contributed by atoms with Gasteiger partial charge < -0.3 is 9.88 Å². The van der Waals surface area contributed by atoms with Gasteiger partial charge in [-0.2, -0.15) is 0 Å². The number of benzene rings is 1. The van der Waals surface area contributed by atoms with Gasteiger partial charge in [-0.1, -0.05) is 38.1 Å². The minimum atomic E-state index is -0.0563. The number of nitrogens with one attached hydrogen (secondary N) is 1. The van der Waals surface area contributed by atoms with Gasteiger partial charge in [-0.3, -0.25) is 19.7 Å². The summed E-state index contributed by atoms with van der Waals surface area (Å²) in [6.45, 7) is 5.80. The molecule has 0 bridgehead atoms. The first kappa shape index (κ1) is 26.3. The SMILES string of the molecule is CC(C)Cn1cnnc1-c1ccc(-c2cncc(-c3ccnc4c3C=C(C(=O)NCCc3ccncc3)C4)c2)cc1. The van der Waals surface area contributed by atoms with Crippen LogP contribution in [-0.2, 0) is 24.2 Å². The van der Waals surface area contributed by atoms with E-state index in [0.717, 1.165) is 69.0 Å². The Morgan fingerprint density at radius 1 is 0.927 bits per heavy atom. The van der Waals surface area contributed by atoms with E-state index in [9.17, 15) is 4.79 Å². The van der Waals surface area contributed by atoms with Crippen LogP contribution in [0.1, 0.15) is 30.7 Å². The Labute approximate surface area is 239 Å². The standard InChI is InChI=1S/C33H31N7O/c1-22(2)20-40-21-38-39-32(40)25-5-3-24(4-6-25)27-15-28(19-35-18-27)29-10-14-36-31-17-26(16-30(29)31)33(41)37-13-9-23-7-11-34-12-8-23/h3-8,10-12,14-16,18-19,21-22H,9,13,17,20H2,1-2H3,(H,37,41). The molecule has 4 aromatic heterocycles. The van der Waals surface area contributed by atoms with Gasteiger partial charge in [0, 0.05) is 78.3 Å². The molecule has 1 aliphatic carbocycles. The van der Waals surface area contributed by atoms with E-state index >= 15 is 0 Å². The maximum Gasteiger partial charge on any atom is 0.247 e. The smallest absolute Gasteiger partial charge is 0.247 e. The summed E-state index contributed by atoms with van der Waals surface area (Å²) in [5, 5.41) is 11.5. The quantitative estimate of drug-likeness (QED) is 0.268. The molecule has 4 heterocycles. The molecule has 0 spiro atoms. The summed E-state index contributed by atoms with van der Waals surface area (Å²) in [6.07, 6.45) is 14.1. The van der Waals surface area contributed by atoms with E-state index in [1.165, 1.54) is 0 Å². The lowest BCUT2D eigenvalue weighted by atomic mass is 9.98. The zero-order valence-electron chi connectivity index (χ0n) is 23.2. The van der Waals surface area contributed by atoms with Gasteiger partial charge >= 0.3 is 0 Å². The molecule has 0 aliphatic heterocycles. The fourth-order valence-corrected chi connectivity index (χ4v) is 5.17. The van der Waals surface area contributed by atoms with Crippen LogP contribution < -0.4 is 5.32 Å². The van der Waals surface area contributed by atoms with E-state index in [0.29, 0.717) is 18.9 Å². The Kier molecular flexibility index (Phi) is 7.45. The van der Waals surface area contributed by atoms with E-state index in [2.05, 4.69) is 79.2 Å². The summed E-state index contributed by atoms with van der Waals surface area (Å²) in [5.41, 5.74) is 8.85. The Morgan fingerprint density at radius 3 is 2.51 bits per heavy atom. The topological polar surface area (TPSA) is 98.5 Å². The van der Waals surface area contributed by atoms with Crippen LogP contribution in [-0.4, -0.2) is 42.2 Å². The molecule has 0 saturated carbocycles. The lowest BCUT2D eigenvalue weighted by Gasteiger charge is -2.11. The maximum atomic E-state index is 12.9. The fourth-order valence-electron chi connectivity index (χ4n) is 5.17. The number of hydrogen-bond acceptors (Lipinski definition) is 6. The highest BCUT2D eigenvalue weighted by atomic mass is 16.1. The van der Waals surface area contributed by atoms with Crippen molar-refractivity contribution in [3.63, 3.8) is 0 Å². The largest absolute Gasteiger partial charge is 0.352 e. The number of amides is 1. The number of fused-ring (bicyclic) bond motifs is 1. The van der Waals surface area contributed by atoms with Gasteiger partial charge in [0.05, 0.1) is 5.69 Å². The molecule has 0 saturated heterocycles. The molecule has 0 radical (unpaired) electrons. The van der Waals surface area contributed by atoms with Crippen LogP contribution in [0.3, 0.4) is 0 Å². The van der Waals surface area contributed by atoms with E-state index in [1.54, 1.807) is 24.9 Å². The number of hydrogen-bond donors (Lipinski definition) is 1. The third-order valence-corrected chi connectivity index (χ3v) is 7.19. The van der Waals surface area contributed by atoms with Gasteiger partial charge in [0.25, 0.3) is 0 Å². The van der Waals surface area contributed by atoms with Crippen molar-refractivity contribution in [1.82, 2.24) is 35.0 Å². The zero-order valence-corrected chi connectivity index (χ0v) is 23.2. The third kappa shape index (κ3) is 5.82. The van der Waals surface area contributed by atoms with Crippen LogP contribution in [0.4, 0.5) is 0 Å². The third-order valence-electron chi connectivity index (χ3n) is 7.19. The van der Waals surface area contributed by atoms with Gasteiger partial charge in [0.1, 0.15) is 6.33 Å². The van der Waals surface area contributed by atoms with Crippen LogP contribution >= 0.6 is 0 Å². The predicted octanol–water partition coefficient (Wildman–Crippen LogP) is 5.42. The molecule has 8 nitrogen and oxygen atoms in total. The van der Waals surface area contributed by atoms with Crippen LogP contribution in [0.2, 0.25) is 0 Å². The Morgan fingerprint density at radius 2 is 1.71 bits per heavy atom. The highest BCUT2D eigenvalue weighted by molar-refractivity contribution is 6.01. The molecule has 0 unspecified atom stereocenters. The fraction of sp³-hybridized carbons (Fsp3) is 0.212. The second kappa shape index (κ2) is 11.6. The van der Waals surface area contributed by atoms with E-state index < -0.39 is 0 Å². The number of pyridine rings is 3. The van der Waals surface area contributed by atoms with Crippen LogP contribution in [0.15, 0.2) is 91.4 Å². The van der Waals surface area contributed by atoms with Gasteiger partial charge in [0.2, 0.25) is 5.91 Å². The minimum Gasteiger partial charge on any atom is -0.352 e. The first-order valence-electron chi connectivity index (χ1n) is 13.8. The Hall–Kier alpha value is -4.98. The lowest BCUT2D eigenvalue weighted by molar-refractivity contribution is -0.117. The van der Waals surface area contributed by atoms with E-state index in [4.69, 9.17) is 0 Å². The highest BCUT2D eigenvalue weighted by Crippen LogP contribution is 2.34. The molecule has 6 rings (SSSR count). The summed E-state index contributed by atoms with van der Waals surface area (Å²) in [7, 11) is 0. The second-order valence-electron chi connectivity index (χ2n) is 10.7. The molecule has 204 valence electrons. The van der Waals surface area contributed by atoms with Crippen molar-refractivity contribution in [2.45, 2.75) is 33.2 Å². The summed E-state index contributed by atoms with van der Waals surface area (Å²) in [6, 6.07) is 16.4. The van der Waals surface area contributed by atoms with Gasteiger partial charge in [-0.05, 0) is 59.4 Å². The van der Waals surface area contributed by atoms with Crippen molar-refractivity contribution in [3.05, 3.63) is 108 Å². The van der Waals surface area contributed by atoms with E-state index in [1.807, 2.05) is 36.7 Å². The predicted molar refractivity (Wildman–Crippen MR) is 159 cm³/mol. The lowest BCUT2D eigenvalue weighted by Crippen LogP contribution is -2.27. The molecule has 0 fully saturated rings. The second-order valence-corrected chi connectivity index (χ2v) is 10.7. The van der Waals surface area contributed by atoms with Crippen molar-refractivity contribution in [3.8, 4) is 33.6 Å². The molecule has 1 aromatic carbocycles. The summed E-state index contributed by atoms with van der Waals surface area (Å²) < 4.78 is 2.09. The highest BCUT2D eigenvalue weighted by Gasteiger charge is 2.22. The van der Waals surface area contributed by atoms with Gasteiger partial charge in [-0.25, -0.2) is 0 Å². The summed E-state index contributed by atoms with van der Waals surface area (Å²) in [5.74, 6) is 1.32.